The van der Waals surface area contributed by atoms with Crippen molar-refractivity contribution in [2.24, 2.45) is 7.05 Å². The number of fused-ring (bicyclic) bond motifs is 1. The monoisotopic (exact) mass is 277 g/mol. The van der Waals surface area contributed by atoms with Gasteiger partial charge in [0.25, 0.3) is 0 Å². The highest BCUT2D eigenvalue weighted by molar-refractivity contribution is 7.98. The van der Waals surface area contributed by atoms with Gasteiger partial charge in [-0.2, -0.15) is 11.8 Å². The van der Waals surface area contributed by atoms with Crippen molar-refractivity contribution in [3.63, 3.8) is 0 Å². The molecule has 1 aromatic heterocycles. The van der Waals surface area contributed by atoms with Crippen LogP contribution in [0.5, 0.6) is 0 Å². The molecule has 0 saturated carbocycles. The van der Waals surface area contributed by atoms with Crippen LogP contribution < -0.4 is 5.32 Å². The van der Waals surface area contributed by atoms with Crippen LogP contribution in [0.4, 0.5) is 0 Å². The van der Waals surface area contributed by atoms with Crippen LogP contribution in [0.25, 0.3) is 11.0 Å². The van der Waals surface area contributed by atoms with Crippen molar-refractivity contribution in [1.29, 1.82) is 0 Å². The topological polar surface area (TPSA) is 29.9 Å². The van der Waals surface area contributed by atoms with Crippen molar-refractivity contribution in [1.82, 2.24) is 14.9 Å². The zero-order valence-corrected chi connectivity index (χ0v) is 12.8. The minimum absolute atomic E-state index is 0.593. The molecular formula is C15H23N3S. The van der Waals surface area contributed by atoms with Crippen LogP contribution in [-0.4, -0.2) is 34.1 Å². The van der Waals surface area contributed by atoms with E-state index in [9.17, 15) is 0 Å². The van der Waals surface area contributed by atoms with Gasteiger partial charge in [0.1, 0.15) is 5.82 Å². The lowest BCUT2D eigenvalue weighted by atomic mass is 10.2. The smallest absolute Gasteiger partial charge is 0.109 e. The third kappa shape index (κ3) is 3.74. The minimum atomic E-state index is 0.593. The molecule has 4 heteroatoms. The first kappa shape index (κ1) is 14.4. The van der Waals surface area contributed by atoms with E-state index in [2.05, 4.69) is 48.3 Å². The molecule has 0 amide bonds. The van der Waals surface area contributed by atoms with Gasteiger partial charge in [-0.05, 0) is 38.3 Å². The summed E-state index contributed by atoms with van der Waals surface area (Å²) in [5, 5.41) is 3.55. The lowest BCUT2D eigenvalue weighted by molar-refractivity contribution is 0.568. The molecule has 0 aliphatic rings. The summed E-state index contributed by atoms with van der Waals surface area (Å²) < 4.78 is 2.21. The maximum absolute atomic E-state index is 4.70. The Hall–Kier alpha value is -1.00. The fourth-order valence-corrected chi connectivity index (χ4v) is 2.94. The van der Waals surface area contributed by atoms with Crippen molar-refractivity contribution < 1.29 is 0 Å². The Bertz CT molecular complexity index is 521. The molecule has 0 radical (unpaired) electrons. The Morgan fingerprint density at radius 3 is 2.89 bits per heavy atom. The van der Waals surface area contributed by atoms with Crippen LogP contribution in [0.1, 0.15) is 19.2 Å². The summed E-state index contributed by atoms with van der Waals surface area (Å²) in [6.07, 6.45) is 4.32. The molecule has 1 N–H and O–H groups in total. The first-order chi connectivity index (χ1) is 9.22. The number of nitrogens with one attached hydrogen (secondary N) is 1. The molecule has 1 unspecified atom stereocenters. The molecule has 1 aromatic carbocycles. The molecule has 2 aromatic rings. The average molecular weight is 277 g/mol. The van der Waals surface area contributed by atoms with E-state index in [1.165, 1.54) is 17.1 Å². The first-order valence-electron chi connectivity index (χ1n) is 6.85. The average Bonchev–Trinajstić information content (AvgIpc) is 2.73. The van der Waals surface area contributed by atoms with Crippen molar-refractivity contribution >= 4 is 22.8 Å². The van der Waals surface area contributed by atoms with Gasteiger partial charge in [-0.3, -0.25) is 0 Å². The molecule has 0 aliphatic heterocycles. The van der Waals surface area contributed by atoms with Gasteiger partial charge in [0.15, 0.2) is 0 Å². The summed E-state index contributed by atoms with van der Waals surface area (Å²) in [7, 11) is 2.11. The maximum atomic E-state index is 4.70. The van der Waals surface area contributed by atoms with E-state index in [0.29, 0.717) is 6.04 Å². The number of para-hydroxylation sites is 2. The molecule has 2 rings (SSSR count). The van der Waals surface area contributed by atoms with E-state index in [-0.39, 0.29) is 0 Å². The van der Waals surface area contributed by atoms with E-state index < -0.39 is 0 Å². The summed E-state index contributed by atoms with van der Waals surface area (Å²) >= 11 is 1.89. The lowest BCUT2D eigenvalue weighted by Gasteiger charge is -2.11. The highest BCUT2D eigenvalue weighted by Gasteiger charge is 2.06. The number of rotatable bonds is 7. The molecule has 0 bridgehead atoms. The summed E-state index contributed by atoms with van der Waals surface area (Å²) in [6, 6.07) is 8.92. The van der Waals surface area contributed by atoms with Gasteiger partial charge in [-0.15, -0.1) is 0 Å². The van der Waals surface area contributed by atoms with Crippen LogP contribution >= 0.6 is 11.8 Å². The molecule has 1 heterocycles. The third-order valence-corrected chi connectivity index (χ3v) is 4.20. The second-order valence-corrected chi connectivity index (χ2v) is 5.90. The Kier molecular flexibility index (Phi) is 5.28. The maximum Gasteiger partial charge on any atom is 0.109 e. The van der Waals surface area contributed by atoms with E-state index in [1.807, 2.05) is 17.8 Å². The van der Waals surface area contributed by atoms with Crippen molar-refractivity contribution in [2.75, 3.05) is 18.6 Å². The second-order valence-electron chi connectivity index (χ2n) is 4.99. The van der Waals surface area contributed by atoms with Crippen LogP contribution in [0, 0.1) is 0 Å². The van der Waals surface area contributed by atoms with Gasteiger partial charge >= 0.3 is 0 Å². The number of hydrogen-bond acceptors (Lipinski definition) is 3. The predicted molar refractivity (Wildman–Crippen MR) is 84.9 cm³/mol. The van der Waals surface area contributed by atoms with Crippen LogP contribution in [-0.2, 0) is 13.5 Å². The van der Waals surface area contributed by atoms with Gasteiger partial charge in [-0.1, -0.05) is 12.1 Å². The van der Waals surface area contributed by atoms with E-state index in [4.69, 9.17) is 4.98 Å². The van der Waals surface area contributed by atoms with Gasteiger partial charge < -0.3 is 9.88 Å². The largest absolute Gasteiger partial charge is 0.331 e. The highest BCUT2D eigenvalue weighted by atomic mass is 32.2. The van der Waals surface area contributed by atoms with Crippen LogP contribution in [0.2, 0.25) is 0 Å². The Morgan fingerprint density at radius 2 is 2.16 bits per heavy atom. The SMILES string of the molecule is CSCC(C)NCCCc1nc2ccccc2n1C. The quantitative estimate of drug-likeness (QED) is 0.789. The number of benzene rings is 1. The molecule has 19 heavy (non-hydrogen) atoms. The standard InChI is InChI=1S/C15H23N3S/c1-12(11-19-3)16-10-6-9-15-17-13-7-4-5-8-14(13)18(15)2/h4-5,7-8,12,16H,6,9-11H2,1-3H3. The van der Waals surface area contributed by atoms with Crippen molar-refractivity contribution in [3.8, 4) is 0 Å². The van der Waals surface area contributed by atoms with Crippen molar-refractivity contribution in [2.45, 2.75) is 25.8 Å². The van der Waals surface area contributed by atoms with E-state index >= 15 is 0 Å². The van der Waals surface area contributed by atoms with E-state index in [0.717, 1.165) is 24.9 Å². The van der Waals surface area contributed by atoms with Crippen LogP contribution in [0.15, 0.2) is 24.3 Å². The van der Waals surface area contributed by atoms with Gasteiger partial charge in [-0.25, -0.2) is 4.98 Å². The highest BCUT2D eigenvalue weighted by Crippen LogP contribution is 2.15. The van der Waals surface area contributed by atoms with Gasteiger partial charge in [0.05, 0.1) is 11.0 Å². The lowest BCUT2D eigenvalue weighted by Crippen LogP contribution is -2.29. The molecule has 0 saturated heterocycles. The Balaban J connectivity index is 1.86. The molecule has 104 valence electrons. The third-order valence-electron chi connectivity index (χ3n) is 3.37. The van der Waals surface area contributed by atoms with Crippen LogP contribution in [0.3, 0.4) is 0 Å². The number of hydrogen-bond donors (Lipinski definition) is 1. The molecule has 0 spiro atoms. The molecule has 1 atom stereocenters. The number of nitrogens with zero attached hydrogens (tertiary/aromatic N) is 2. The summed E-state index contributed by atoms with van der Waals surface area (Å²) in [5.74, 6) is 2.35. The zero-order chi connectivity index (χ0) is 13.7. The Morgan fingerprint density at radius 1 is 1.37 bits per heavy atom. The first-order valence-corrected chi connectivity index (χ1v) is 8.24. The molecular weight excluding hydrogens is 254 g/mol. The van der Waals surface area contributed by atoms with Crippen molar-refractivity contribution in [3.05, 3.63) is 30.1 Å². The second kappa shape index (κ2) is 6.96. The summed E-state index contributed by atoms with van der Waals surface area (Å²) in [4.78, 5) is 4.70. The van der Waals surface area contributed by atoms with Gasteiger partial charge in [0, 0.05) is 25.3 Å². The number of aromatic nitrogens is 2. The number of imidazole rings is 1. The summed E-state index contributed by atoms with van der Waals surface area (Å²) in [6.45, 7) is 3.30. The fourth-order valence-electron chi connectivity index (χ4n) is 2.32. The zero-order valence-electron chi connectivity index (χ0n) is 12.0. The number of aryl methyl sites for hydroxylation is 2. The Labute approximate surface area is 119 Å². The number of thioether (sulfide) groups is 1. The fraction of sp³-hybridized carbons (Fsp3) is 0.533. The summed E-state index contributed by atoms with van der Waals surface area (Å²) in [5.41, 5.74) is 2.32. The van der Waals surface area contributed by atoms with E-state index in [1.54, 1.807) is 0 Å². The normalized spacial score (nSPS) is 13.0. The predicted octanol–water partition coefficient (Wildman–Crippen LogP) is 2.85. The molecule has 3 nitrogen and oxygen atoms in total. The molecule has 0 aliphatic carbocycles. The molecule has 0 fully saturated rings. The van der Waals surface area contributed by atoms with Gasteiger partial charge in [0.2, 0.25) is 0 Å². The minimum Gasteiger partial charge on any atom is -0.331 e.